The van der Waals surface area contributed by atoms with Crippen LogP contribution in [0.2, 0.25) is 5.15 Å². The first-order valence-corrected chi connectivity index (χ1v) is 8.36. The maximum absolute atomic E-state index is 12.6. The number of nitrogens with zero attached hydrogens (tertiary/aromatic N) is 2. The highest BCUT2D eigenvalue weighted by Crippen LogP contribution is 2.21. The molecule has 9 heteroatoms. The van der Waals surface area contributed by atoms with Crippen LogP contribution < -0.4 is 5.32 Å². The van der Waals surface area contributed by atoms with Crippen molar-refractivity contribution in [2.24, 2.45) is 0 Å². The summed E-state index contributed by atoms with van der Waals surface area (Å²) in [6.07, 6.45) is 0. The number of aromatic nitrogens is 2. The van der Waals surface area contributed by atoms with Gasteiger partial charge in [0.2, 0.25) is 0 Å². The molecular formula is C19H14ClN3O5. The van der Waals surface area contributed by atoms with Gasteiger partial charge < -0.3 is 14.8 Å². The van der Waals surface area contributed by atoms with E-state index in [9.17, 15) is 14.4 Å². The third-order valence-corrected chi connectivity index (χ3v) is 4.04. The molecule has 1 N–H and O–H groups in total. The molecule has 2 aromatic carbocycles. The maximum atomic E-state index is 12.6. The van der Waals surface area contributed by atoms with Crippen LogP contribution in [0.1, 0.15) is 31.2 Å². The zero-order valence-corrected chi connectivity index (χ0v) is 15.6. The summed E-state index contributed by atoms with van der Waals surface area (Å²) in [5.41, 5.74) is 1.25. The minimum absolute atomic E-state index is 0.0661. The summed E-state index contributed by atoms with van der Waals surface area (Å²) < 4.78 is 9.34. The molecule has 0 aliphatic carbocycles. The van der Waals surface area contributed by atoms with E-state index in [1.807, 2.05) is 0 Å². The van der Waals surface area contributed by atoms with Crippen LogP contribution in [-0.2, 0) is 9.47 Å². The predicted molar refractivity (Wildman–Crippen MR) is 102 cm³/mol. The Hall–Kier alpha value is -3.52. The Morgan fingerprint density at radius 3 is 1.96 bits per heavy atom. The van der Waals surface area contributed by atoms with Gasteiger partial charge in [0.05, 0.1) is 36.4 Å². The molecule has 3 rings (SSSR count). The fraction of sp³-hybridized carbons (Fsp3) is 0.105. The van der Waals surface area contributed by atoms with Crippen LogP contribution in [0.15, 0.2) is 42.5 Å². The number of hydrogen-bond donors (Lipinski definition) is 1. The lowest BCUT2D eigenvalue weighted by Crippen LogP contribution is -2.16. The minimum Gasteiger partial charge on any atom is -0.465 e. The molecule has 1 aromatic heterocycles. The van der Waals surface area contributed by atoms with Crippen LogP contribution in [0, 0.1) is 0 Å². The van der Waals surface area contributed by atoms with Crippen molar-refractivity contribution in [1.29, 1.82) is 0 Å². The van der Waals surface area contributed by atoms with Crippen molar-refractivity contribution in [1.82, 2.24) is 9.97 Å². The van der Waals surface area contributed by atoms with Crippen molar-refractivity contribution in [3.05, 3.63) is 64.4 Å². The molecule has 0 saturated carbocycles. The van der Waals surface area contributed by atoms with Gasteiger partial charge in [0.15, 0.2) is 10.8 Å². The lowest BCUT2D eigenvalue weighted by molar-refractivity contribution is 0.0599. The summed E-state index contributed by atoms with van der Waals surface area (Å²) in [6, 6.07) is 11.0. The molecule has 0 bridgehead atoms. The van der Waals surface area contributed by atoms with Crippen molar-refractivity contribution in [3.63, 3.8) is 0 Å². The fourth-order valence-corrected chi connectivity index (χ4v) is 2.70. The average Bonchev–Trinajstić information content (AvgIpc) is 2.71. The Kier molecular flexibility index (Phi) is 5.51. The van der Waals surface area contributed by atoms with Crippen molar-refractivity contribution < 1.29 is 23.9 Å². The second kappa shape index (κ2) is 8.01. The predicted octanol–water partition coefficient (Wildman–Crippen LogP) is 3.11. The van der Waals surface area contributed by atoms with Crippen LogP contribution in [-0.4, -0.2) is 42.0 Å². The third kappa shape index (κ3) is 3.91. The third-order valence-electron chi connectivity index (χ3n) is 3.78. The molecule has 3 aromatic rings. The van der Waals surface area contributed by atoms with E-state index in [0.717, 1.165) is 0 Å². The summed E-state index contributed by atoms with van der Waals surface area (Å²) >= 11 is 6.09. The Morgan fingerprint density at radius 1 is 0.893 bits per heavy atom. The quantitative estimate of drug-likeness (QED) is 0.671. The van der Waals surface area contributed by atoms with Gasteiger partial charge in [-0.1, -0.05) is 23.7 Å². The number of halogens is 1. The van der Waals surface area contributed by atoms with Gasteiger partial charge in [-0.05, 0) is 30.3 Å². The normalized spacial score (nSPS) is 10.4. The molecule has 0 aliphatic rings. The van der Waals surface area contributed by atoms with E-state index in [0.29, 0.717) is 11.0 Å². The number of methoxy groups -OCH3 is 2. The topological polar surface area (TPSA) is 107 Å². The van der Waals surface area contributed by atoms with E-state index in [4.69, 9.17) is 11.6 Å². The molecule has 0 fully saturated rings. The molecule has 1 amide bonds. The van der Waals surface area contributed by atoms with E-state index in [1.54, 1.807) is 24.3 Å². The summed E-state index contributed by atoms with van der Waals surface area (Å²) in [4.78, 5) is 44.7. The van der Waals surface area contributed by atoms with Crippen molar-refractivity contribution in [2.75, 3.05) is 19.5 Å². The monoisotopic (exact) mass is 399 g/mol. The Balaban J connectivity index is 1.98. The van der Waals surface area contributed by atoms with Crippen LogP contribution >= 0.6 is 11.6 Å². The summed E-state index contributed by atoms with van der Waals surface area (Å²) in [6.45, 7) is 0. The van der Waals surface area contributed by atoms with Crippen molar-refractivity contribution in [3.8, 4) is 0 Å². The first-order chi connectivity index (χ1) is 13.4. The van der Waals surface area contributed by atoms with Gasteiger partial charge in [0, 0.05) is 5.69 Å². The summed E-state index contributed by atoms with van der Waals surface area (Å²) in [7, 11) is 2.41. The average molecular weight is 400 g/mol. The number of para-hydroxylation sites is 2. The first-order valence-electron chi connectivity index (χ1n) is 7.98. The molecule has 0 spiro atoms. The Labute approximate surface area is 164 Å². The molecule has 0 radical (unpaired) electrons. The minimum atomic E-state index is -0.676. The van der Waals surface area contributed by atoms with E-state index < -0.39 is 17.8 Å². The van der Waals surface area contributed by atoms with Crippen molar-refractivity contribution in [2.45, 2.75) is 0 Å². The number of amides is 1. The number of hydrogen-bond acceptors (Lipinski definition) is 7. The van der Waals surface area contributed by atoms with Crippen LogP contribution in [0.5, 0.6) is 0 Å². The number of carbonyl (C=O) groups excluding carboxylic acids is 3. The number of rotatable bonds is 4. The van der Waals surface area contributed by atoms with Gasteiger partial charge in [-0.3, -0.25) is 4.79 Å². The van der Waals surface area contributed by atoms with Gasteiger partial charge in [0.1, 0.15) is 0 Å². The van der Waals surface area contributed by atoms with Crippen LogP contribution in [0.3, 0.4) is 0 Å². The number of ether oxygens (including phenoxy) is 2. The highest BCUT2D eigenvalue weighted by molar-refractivity contribution is 6.33. The number of esters is 2. The van der Waals surface area contributed by atoms with Gasteiger partial charge in [-0.15, -0.1) is 0 Å². The zero-order chi connectivity index (χ0) is 20.3. The van der Waals surface area contributed by atoms with E-state index >= 15 is 0 Å². The standard InChI is InChI=1S/C19H14ClN3O5/c1-27-18(25)10-7-11(19(26)28-2)9-12(8-10)21-17(24)15-16(20)23-14-6-4-3-5-13(14)22-15/h3-9H,1-2H3,(H,21,24). The van der Waals surface area contributed by atoms with Gasteiger partial charge in [0.25, 0.3) is 5.91 Å². The van der Waals surface area contributed by atoms with Crippen LogP contribution in [0.4, 0.5) is 5.69 Å². The van der Waals surface area contributed by atoms with Crippen molar-refractivity contribution >= 4 is 46.2 Å². The zero-order valence-electron chi connectivity index (χ0n) is 14.9. The van der Waals surface area contributed by atoms with Gasteiger partial charge in [-0.2, -0.15) is 0 Å². The van der Waals surface area contributed by atoms with Gasteiger partial charge >= 0.3 is 11.9 Å². The summed E-state index contributed by atoms with van der Waals surface area (Å²) in [5.74, 6) is -2.00. The number of fused-ring (bicyclic) bond motifs is 1. The molecule has 0 saturated heterocycles. The number of nitrogens with one attached hydrogen (secondary N) is 1. The lowest BCUT2D eigenvalue weighted by Gasteiger charge is -2.10. The Bertz CT molecular complexity index is 1070. The number of carbonyl (C=O) groups is 3. The van der Waals surface area contributed by atoms with E-state index in [2.05, 4.69) is 24.8 Å². The molecule has 142 valence electrons. The molecule has 0 atom stereocenters. The van der Waals surface area contributed by atoms with Crippen LogP contribution in [0.25, 0.3) is 11.0 Å². The molecule has 1 heterocycles. The molecule has 28 heavy (non-hydrogen) atoms. The Morgan fingerprint density at radius 2 is 1.43 bits per heavy atom. The summed E-state index contributed by atoms with van der Waals surface area (Å²) in [5, 5.41) is 2.49. The lowest BCUT2D eigenvalue weighted by atomic mass is 10.1. The highest BCUT2D eigenvalue weighted by Gasteiger charge is 2.18. The fourth-order valence-electron chi connectivity index (χ4n) is 2.48. The SMILES string of the molecule is COC(=O)c1cc(NC(=O)c2nc3ccccc3nc2Cl)cc(C(=O)OC)c1. The van der Waals surface area contributed by atoms with E-state index in [-0.39, 0.29) is 27.7 Å². The smallest absolute Gasteiger partial charge is 0.337 e. The largest absolute Gasteiger partial charge is 0.465 e. The molecule has 0 unspecified atom stereocenters. The molecular weight excluding hydrogens is 386 g/mol. The molecule has 8 nitrogen and oxygen atoms in total. The number of anilines is 1. The molecule has 0 aliphatic heterocycles. The second-order valence-corrected chi connectivity index (χ2v) is 5.95. The second-order valence-electron chi connectivity index (χ2n) is 5.59. The first kappa shape index (κ1) is 19.2. The van der Waals surface area contributed by atoms with E-state index in [1.165, 1.54) is 32.4 Å². The van der Waals surface area contributed by atoms with Gasteiger partial charge in [-0.25, -0.2) is 19.6 Å². The number of benzene rings is 2. The highest BCUT2D eigenvalue weighted by atomic mass is 35.5. The maximum Gasteiger partial charge on any atom is 0.337 e.